The van der Waals surface area contributed by atoms with Gasteiger partial charge in [0.05, 0.1) is 6.10 Å². The lowest BCUT2D eigenvalue weighted by atomic mass is 9.93. The van der Waals surface area contributed by atoms with Crippen LogP contribution in [0.25, 0.3) is 0 Å². The number of halogens is 2. The minimum atomic E-state index is -0.881. The van der Waals surface area contributed by atoms with Gasteiger partial charge in [-0.3, -0.25) is 0 Å². The SMILES string of the molecule is CC1CCCC(CC(O)c2ccc(F)cc2F)N1. The number of aliphatic hydroxyl groups is 1. The average Bonchev–Trinajstić information content (AvgIpc) is 2.28. The molecular weight excluding hydrogens is 236 g/mol. The van der Waals surface area contributed by atoms with Crippen LogP contribution in [0.1, 0.15) is 44.3 Å². The number of hydrogen-bond donors (Lipinski definition) is 2. The number of nitrogens with one attached hydrogen (secondary N) is 1. The van der Waals surface area contributed by atoms with Crippen LogP contribution < -0.4 is 5.32 Å². The van der Waals surface area contributed by atoms with Crippen LogP contribution >= 0.6 is 0 Å². The molecule has 0 aliphatic carbocycles. The molecule has 2 rings (SSSR count). The largest absolute Gasteiger partial charge is 0.388 e. The molecule has 1 aliphatic rings. The second-order valence-corrected chi connectivity index (χ2v) is 5.11. The van der Waals surface area contributed by atoms with E-state index in [2.05, 4.69) is 12.2 Å². The van der Waals surface area contributed by atoms with Gasteiger partial charge in [0.2, 0.25) is 0 Å². The molecule has 1 aromatic rings. The summed E-state index contributed by atoms with van der Waals surface area (Å²) in [7, 11) is 0. The topological polar surface area (TPSA) is 32.3 Å². The fraction of sp³-hybridized carbons (Fsp3) is 0.571. The molecule has 1 aromatic carbocycles. The Bertz CT molecular complexity index is 411. The Morgan fingerprint density at radius 2 is 2.17 bits per heavy atom. The number of hydrogen-bond acceptors (Lipinski definition) is 2. The summed E-state index contributed by atoms with van der Waals surface area (Å²) >= 11 is 0. The van der Waals surface area contributed by atoms with Gasteiger partial charge in [-0.05, 0) is 32.3 Å². The van der Waals surface area contributed by atoms with Gasteiger partial charge in [0.1, 0.15) is 11.6 Å². The van der Waals surface area contributed by atoms with E-state index in [-0.39, 0.29) is 11.6 Å². The van der Waals surface area contributed by atoms with Crippen molar-refractivity contribution in [2.75, 3.05) is 0 Å². The second-order valence-electron chi connectivity index (χ2n) is 5.11. The first-order valence-electron chi connectivity index (χ1n) is 6.45. The Kier molecular flexibility index (Phi) is 4.30. The molecule has 1 saturated heterocycles. The Labute approximate surface area is 106 Å². The molecule has 0 amide bonds. The number of aliphatic hydroxyl groups excluding tert-OH is 1. The van der Waals surface area contributed by atoms with Gasteiger partial charge >= 0.3 is 0 Å². The van der Waals surface area contributed by atoms with Crippen molar-refractivity contribution in [1.82, 2.24) is 5.32 Å². The summed E-state index contributed by atoms with van der Waals surface area (Å²) in [5.74, 6) is -1.29. The van der Waals surface area contributed by atoms with Gasteiger partial charge in [0.15, 0.2) is 0 Å². The number of piperidine rings is 1. The molecule has 0 spiro atoms. The zero-order chi connectivity index (χ0) is 13.1. The van der Waals surface area contributed by atoms with E-state index in [4.69, 9.17) is 0 Å². The van der Waals surface area contributed by atoms with Crippen LogP contribution in [0.4, 0.5) is 8.78 Å². The van der Waals surface area contributed by atoms with Crippen LogP contribution in [-0.2, 0) is 0 Å². The van der Waals surface area contributed by atoms with Crippen molar-refractivity contribution in [1.29, 1.82) is 0 Å². The van der Waals surface area contributed by atoms with E-state index in [0.29, 0.717) is 12.5 Å². The van der Waals surface area contributed by atoms with Gasteiger partial charge in [-0.15, -0.1) is 0 Å². The summed E-state index contributed by atoms with van der Waals surface area (Å²) in [5, 5.41) is 13.4. The average molecular weight is 255 g/mol. The molecule has 0 saturated carbocycles. The van der Waals surface area contributed by atoms with Gasteiger partial charge in [-0.1, -0.05) is 12.5 Å². The van der Waals surface area contributed by atoms with Crippen LogP contribution in [-0.4, -0.2) is 17.2 Å². The van der Waals surface area contributed by atoms with Crippen LogP contribution in [0.3, 0.4) is 0 Å². The van der Waals surface area contributed by atoms with Crippen LogP contribution in [0.5, 0.6) is 0 Å². The first-order chi connectivity index (χ1) is 8.56. The molecule has 2 N–H and O–H groups in total. The van der Waals surface area contributed by atoms with E-state index in [1.54, 1.807) is 0 Å². The lowest BCUT2D eigenvalue weighted by molar-refractivity contribution is 0.135. The minimum Gasteiger partial charge on any atom is -0.388 e. The monoisotopic (exact) mass is 255 g/mol. The predicted octanol–water partition coefficient (Wildman–Crippen LogP) is 2.92. The summed E-state index contributed by atoms with van der Waals surface area (Å²) in [6, 6.07) is 3.96. The smallest absolute Gasteiger partial charge is 0.131 e. The third kappa shape index (κ3) is 3.27. The molecule has 0 radical (unpaired) electrons. The highest BCUT2D eigenvalue weighted by Crippen LogP contribution is 2.25. The fourth-order valence-corrected chi connectivity index (χ4v) is 2.59. The molecule has 1 heterocycles. The van der Waals surface area contributed by atoms with Crippen LogP contribution in [0, 0.1) is 11.6 Å². The molecule has 4 heteroatoms. The third-order valence-electron chi connectivity index (χ3n) is 3.54. The highest BCUT2D eigenvalue weighted by Gasteiger charge is 2.22. The molecule has 3 atom stereocenters. The van der Waals surface area contributed by atoms with Gasteiger partial charge in [0, 0.05) is 23.7 Å². The van der Waals surface area contributed by atoms with Crippen LogP contribution in [0.2, 0.25) is 0 Å². The van der Waals surface area contributed by atoms with Crippen molar-refractivity contribution in [3.63, 3.8) is 0 Å². The minimum absolute atomic E-state index is 0.177. The second kappa shape index (κ2) is 5.76. The Morgan fingerprint density at radius 1 is 1.39 bits per heavy atom. The summed E-state index contributed by atoms with van der Waals surface area (Å²) in [6.07, 6.45) is 2.83. The van der Waals surface area contributed by atoms with E-state index < -0.39 is 17.7 Å². The van der Waals surface area contributed by atoms with Crippen molar-refractivity contribution in [2.45, 2.75) is 50.8 Å². The number of rotatable bonds is 3. The van der Waals surface area contributed by atoms with E-state index in [1.165, 1.54) is 12.1 Å². The molecule has 0 bridgehead atoms. The van der Waals surface area contributed by atoms with Crippen LogP contribution in [0.15, 0.2) is 18.2 Å². The Hall–Kier alpha value is -1.00. The predicted molar refractivity (Wildman–Crippen MR) is 66.2 cm³/mol. The molecular formula is C14H19F2NO. The number of benzene rings is 1. The molecule has 100 valence electrons. The Balaban J connectivity index is 2.00. The standard InChI is InChI=1S/C14H19F2NO/c1-9-3-2-4-11(17-9)8-14(18)12-6-5-10(15)7-13(12)16/h5-7,9,11,14,17-18H,2-4,8H2,1H3. The summed E-state index contributed by atoms with van der Waals surface area (Å²) in [4.78, 5) is 0. The quantitative estimate of drug-likeness (QED) is 0.870. The summed E-state index contributed by atoms with van der Waals surface area (Å²) < 4.78 is 26.3. The molecule has 18 heavy (non-hydrogen) atoms. The molecule has 1 fully saturated rings. The lowest BCUT2D eigenvalue weighted by Crippen LogP contribution is -2.41. The third-order valence-corrected chi connectivity index (χ3v) is 3.54. The van der Waals surface area contributed by atoms with Crippen molar-refractivity contribution in [3.8, 4) is 0 Å². The summed E-state index contributed by atoms with van der Waals surface area (Å²) in [5.41, 5.74) is 0.177. The normalized spacial score (nSPS) is 26.0. The van der Waals surface area contributed by atoms with Crippen molar-refractivity contribution >= 4 is 0 Å². The van der Waals surface area contributed by atoms with Gasteiger partial charge in [-0.25, -0.2) is 8.78 Å². The molecule has 3 unspecified atom stereocenters. The maximum Gasteiger partial charge on any atom is 0.131 e. The fourth-order valence-electron chi connectivity index (χ4n) is 2.59. The van der Waals surface area contributed by atoms with Gasteiger partial charge in [0.25, 0.3) is 0 Å². The maximum atomic E-state index is 13.5. The zero-order valence-corrected chi connectivity index (χ0v) is 10.5. The van der Waals surface area contributed by atoms with E-state index in [0.717, 1.165) is 25.3 Å². The summed E-state index contributed by atoms with van der Waals surface area (Å²) in [6.45, 7) is 2.11. The maximum absolute atomic E-state index is 13.5. The highest BCUT2D eigenvalue weighted by atomic mass is 19.1. The zero-order valence-electron chi connectivity index (χ0n) is 10.5. The first-order valence-corrected chi connectivity index (χ1v) is 6.45. The van der Waals surface area contributed by atoms with E-state index in [9.17, 15) is 13.9 Å². The van der Waals surface area contributed by atoms with Crippen molar-refractivity contribution in [2.24, 2.45) is 0 Å². The molecule has 0 aromatic heterocycles. The molecule has 2 nitrogen and oxygen atoms in total. The van der Waals surface area contributed by atoms with Gasteiger partial charge in [-0.2, -0.15) is 0 Å². The van der Waals surface area contributed by atoms with E-state index >= 15 is 0 Å². The molecule has 1 aliphatic heterocycles. The van der Waals surface area contributed by atoms with Crippen molar-refractivity contribution < 1.29 is 13.9 Å². The lowest BCUT2D eigenvalue weighted by Gasteiger charge is -2.30. The highest BCUT2D eigenvalue weighted by molar-refractivity contribution is 5.21. The Morgan fingerprint density at radius 3 is 2.83 bits per heavy atom. The van der Waals surface area contributed by atoms with Gasteiger partial charge < -0.3 is 10.4 Å². The van der Waals surface area contributed by atoms with E-state index in [1.807, 2.05) is 0 Å². The first kappa shape index (κ1) is 13.4. The van der Waals surface area contributed by atoms with Crippen molar-refractivity contribution in [3.05, 3.63) is 35.4 Å².